The number of carbonyl (C=O) groups is 1. The molecule has 0 saturated carbocycles. The molecule has 10 heteroatoms. The molecule has 2 aliphatic heterocycles. The molecule has 4 heterocycles. The van der Waals surface area contributed by atoms with Crippen molar-refractivity contribution in [2.24, 2.45) is 0 Å². The van der Waals surface area contributed by atoms with Crippen molar-refractivity contribution in [1.29, 1.82) is 0 Å². The van der Waals surface area contributed by atoms with E-state index in [-0.39, 0.29) is 23.4 Å². The van der Waals surface area contributed by atoms with Gasteiger partial charge in [-0.3, -0.25) is 19.1 Å². The summed E-state index contributed by atoms with van der Waals surface area (Å²) in [4.78, 5) is 52.7. The van der Waals surface area contributed by atoms with Crippen LogP contribution in [0.25, 0.3) is 0 Å². The molecule has 1 aliphatic carbocycles. The van der Waals surface area contributed by atoms with Gasteiger partial charge in [0.1, 0.15) is 6.54 Å². The fourth-order valence-corrected chi connectivity index (χ4v) is 4.99. The number of aromatic amines is 1. The summed E-state index contributed by atoms with van der Waals surface area (Å²) in [7, 11) is 0. The van der Waals surface area contributed by atoms with Crippen molar-refractivity contribution in [3.8, 4) is 0 Å². The molecule has 0 atom stereocenters. The predicted molar refractivity (Wildman–Crippen MR) is 112 cm³/mol. The Bertz CT molecular complexity index is 1100. The number of nitrogens with one attached hydrogen (secondary N) is 1. The number of hydrogen-bond acceptors (Lipinski definition) is 7. The molecular formula is C21H26N6O4. The van der Waals surface area contributed by atoms with Gasteiger partial charge < -0.3 is 14.5 Å². The maximum Gasteiger partial charge on any atom is 0.347 e. The van der Waals surface area contributed by atoms with Gasteiger partial charge in [-0.15, -0.1) is 0 Å². The number of aromatic nitrogens is 4. The van der Waals surface area contributed by atoms with Crippen molar-refractivity contribution < 1.29 is 9.53 Å². The maximum atomic E-state index is 12.8. The molecule has 1 amide bonds. The first kappa shape index (κ1) is 19.9. The lowest BCUT2D eigenvalue weighted by Gasteiger charge is -2.39. The fourth-order valence-electron chi connectivity index (χ4n) is 4.99. The van der Waals surface area contributed by atoms with E-state index in [1.165, 1.54) is 10.8 Å². The van der Waals surface area contributed by atoms with E-state index in [0.29, 0.717) is 45.3 Å². The van der Waals surface area contributed by atoms with E-state index in [2.05, 4.69) is 14.9 Å². The SMILES string of the molecule is O=C(Cn1cccnc1=O)N1CCC2(CCc3c2nc(N2CCOCC2)[nH]c3=O)CC1. The van der Waals surface area contributed by atoms with Gasteiger partial charge in [-0.2, -0.15) is 0 Å². The highest BCUT2D eigenvalue weighted by atomic mass is 16.5. The summed E-state index contributed by atoms with van der Waals surface area (Å²) >= 11 is 0. The van der Waals surface area contributed by atoms with Crippen LogP contribution in [0.1, 0.15) is 30.5 Å². The van der Waals surface area contributed by atoms with Crippen molar-refractivity contribution in [1.82, 2.24) is 24.4 Å². The Hall–Kier alpha value is -3.01. The molecule has 1 spiro atoms. The Kier molecular flexibility index (Phi) is 5.09. The molecule has 3 aliphatic rings. The number of carbonyl (C=O) groups excluding carboxylic acids is 1. The number of hydrogen-bond donors (Lipinski definition) is 1. The smallest absolute Gasteiger partial charge is 0.347 e. The van der Waals surface area contributed by atoms with Crippen LogP contribution in [-0.4, -0.2) is 69.7 Å². The van der Waals surface area contributed by atoms with Crippen molar-refractivity contribution in [3.63, 3.8) is 0 Å². The summed E-state index contributed by atoms with van der Waals surface area (Å²) in [5.74, 6) is 0.541. The second kappa shape index (κ2) is 7.92. The lowest BCUT2D eigenvalue weighted by molar-refractivity contribution is -0.133. The van der Waals surface area contributed by atoms with Crippen LogP contribution in [0.3, 0.4) is 0 Å². The number of H-pyrrole nitrogens is 1. The van der Waals surface area contributed by atoms with E-state index in [4.69, 9.17) is 9.72 Å². The lowest BCUT2D eigenvalue weighted by Crippen LogP contribution is -2.46. The zero-order valence-corrected chi connectivity index (χ0v) is 17.4. The topological polar surface area (TPSA) is 113 Å². The van der Waals surface area contributed by atoms with Crippen molar-refractivity contribution in [2.45, 2.75) is 37.6 Å². The number of likely N-dealkylation sites (tertiary alicyclic amines) is 1. The van der Waals surface area contributed by atoms with Gasteiger partial charge in [0.25, 0.3) is 5.56 Å². The summed E-state index contributed by atoms with van der Waals surface area (Å²) in [6, 6.07) is 1.64. The first-order valence-electron chi connectivity index (χ1n) is 10.8. The van der Waals surface area contributed by atoms with Gasteiger partial charge >= 0.3 is 5.69 Å². The van der Waals surface area contributed by atoms with Crippen molar-refractivity contribution in [2.75, 3.05) is 44.3 Å². The van der Waals surface area contributed by atoms with Crippen LogP contribution < -0.4 is 16.1 Å². The number of anilines is 1. The predicted octanol–water partition coefficient (Wildman–Crippen LogP) is -0.330. The number of rotatable bonds is 3. The zero-order chi connectivity index (χ0) is 21.4. The number of fused-ring (bicyclic) bond motifs is 2. The highest BCUT2D eigenvalue weighted by molar-refractivity contribution is 5.76. The van der Waals surface area contributed by atoms with E-state index >= 15 is 0 Å². The van der Waals surface area contributed by atoms with E-state index in [1.807, 2.05) is 0 Å². The molecule has 31 heavy (non-hydrogen) atoms. The third-order valence-electron chi connectivity index (χ3n) is 6.83. The molecule has 2 saturated heterocycles. The average Bonchev–Trinajstić information content (AvgIpc) is 3.15. The molecule has 164 valence electrons. The zero-order valence-electron chi connectivity index (χ0n) is 17.4. The number of amides is 1. The molecule has 0 aromatic carbocycles. The van der Waals surface area contributed by atoms with E-state index in [1.54, 1.807) is 17.2 Å². The molecule has 0 unspecified atom stereocenters. The van der Waals surface area contributed by atoms with Crippen LogP contribution in [0.4, 0.5) is 5.95 Å². The Balaban J connectivity index is 1.33. The second-order valence-corrected chi connectivity index (χ2v) is 8.51. The quantitative estimate of drug-likeness (QED) is 0.715. The Morgan fingerprint density at radius 2 is 1.90 bits per heavy atom. The first-order chi connectivity index (χ1) is 15.1. The normalized spacial score (nSPS) is 20.1. The largest absolute Gasteiger partial charge is 0.378 e. The first-order valence-corrected chi connectivity index (χ1v) is 10.8. The van der Waals surface area contributed by atoms with E-state index < -0.39 is 5.69 Å². The minimum Gasteiger partial charge on any atom is -0.378 e. The summed E-state index contributed by atoms with van der Waals surface area (Å²) in [5.41, 5.74) is 1.07. The number of ether oxygens (including phenoxy) is 1. The van der Waals surface area contributed by atoms with Gasteiger partial charge in [-0.1, -0.05) is 0 Å². The number of morpholine rings is 1. The van der Waals surface area contributed by atoms with Gasteiger partial charge in [0.15, 0.2) is 0 Å². The maximum absolute atomic E-state index is 12.8. The second-order valence-electron chi connectivity index (χ2n) is 8.51. The summed E-state index contributed by atoms with van der Waals surface area (Å²) < 4.78 is 6.74. The average molecular weight is 426 g/mol. The lowest BCUT2D eigenvalue weighted by atomic mass is 9.76. The fraction of sp³-hybridized carbons (Fsp3) is 0.571. The highest BCUT2D eigenvalue weighted by Gasteiger charge is 2.44. The number of nitrogens with zero attached hydrogens (tertiary/aromatic N) is 5. The molecule has 0 radical (unpaired) electrons. The van der Waals surface area contributed by atoms with E-state index in [0.717, 1.165) is 36.9 Å². The molecule has 5 rings (SSSR count). The van der Waals surface area contributed by atoms with Gasteiger partial charge in [0.05, 0.1) is 18.9 Å². The number of piperidine rings is 1. The van der Waals surface area contributed by atoms with Crippen molar-refractivity contribution in [3.05, 3.63) is 50.6 Å². The third-order valence-corrected chi connectivity index (χ3v) is 6.83. The third kappa shape index (κ3) is 3.65. The van der Waals surface area contributed by atoms with Gasteiger partial charge in [-0.05, 0) is 31.7 Å². The minimum absolute atomic E-state index is 0.00461. The van der Waals surface area contributed by atoms with Gasteiger partial charge in [-0.25, -0.2) is 14.8 Å². The van der Waals surface area contributed by atoms with Crippen LogP contribution in [0.2, 0.25) is 0 Å². The Labute approximate surface area is 178 Å². The van der Waals surface area contributed by atoms with Crippen LogP contribution in [0.15, 0.2) is 28.0 Å². The van der Waals surface area contributed by atoms with Gasteiger partial charge in [0, 0.05) is 49.6 Å². The van der Waals surface area contributed by atoms with Crippen LogP contribution >= 0.6 is 0 Å². The van der Waals surface area contributed by atoms with Gasteiger partial charge in [0.2, 0.25) is 11.9 Å². The molecular weight excluding hydrogens is 400 g/mol. The molecule has 2 aromatic rings. The summed E-state index contributed by atoms with van der Waals surface area (Å²) in [6.07, 6.45) is 6.15. The monoisotopic (exact) mass is 426 g/mol. The summed E-state index contributed by atoms with van der Waals surface area (Å²) in [5, 5.41) is 0. The molecule has 1 N–H and O–H groups in total. The van der Waals surface area contributed by atoms with Crippen LogP contribution in [0, 0.1) is 0 Å². The van der Waals surface area contributed by atoms with Crippen LogP contribution in [-0.2, 0) is 27.9 Å². The molecule has 2 aromatic heterocycles. The summed E-state index contributed by atoms with van der Waals surface area (Å²) in [6.45, 7) is 3.86. The van der Waals surface area contributed by atoms with Crippen LogP contribution in [0.5, 0.6) is 0 Å². The standard InChI is InChI=1S/C21H26N6O4/c28-16(14-27-7-1-6-22-20(27)30)25-8-4-21(5-9-25)3-2-15-17(21)23-19(24-18(15)29)26-10-12-31-13-11-26/h1,6-7H,2-5,8-14H2,(H,23,24,29). The Morgan fingerprint density at radius 3 is 2.65 bits per heavy atom. The van der Waals surface area contributed by atoms with Crippen molar-refractivity contribution >= 4 is 11.9 Å². The molecule has 0 bridgehead atoms. The highest BCUT2D eigenvalue weighted by Crippen LogP contribution is 2.44. The van der Waals surface area contributed by atoms with E-state index in [9.17, 15) is 14.4 Å². The Morgan fingerprint density at radius 1 is 1.13 bits per heavy atom. The molecule has 2 fully saturated rings. The molecule has 10 nitrogen and oxygen atoms in total. The minimum atomic E-state index is -0.423.